The second-order valence-corrected chi connectivity index (χ2v) is 10.1. The first-order valence-corrected chi connectivity index (χ1v) is 11.1. The fraction of sp³-hybridized carbons (Fsp3) is 0. The van der Waals surface area contributed by atoms with Gasteiger partial charge in [0.15, 0.2) is 0 Å². The largest absolute Gasteiger partial charge is 0.229 e. The summed E-state index contributed by atoms with van der Waals surface area (Å²) >= 11 is 0. The maximum Gasteiger partial charge on any atom is 0.229 e. The third-order valence-corrected chi connectivity index (χ3v) is 9.09. The fourth-order valence-corrected chi connectivity index (χ4v) is 7.22. The Kier molecular flexibility index (Phi) is 4.74. The maximum absolute atomic E-state index is 6.26. The quantitative estimate of drug-likeness (QED) is 0.293. The molecule has 0 radical (unpaired) electrons. The van der Waals surface area contributed by atoms with Crippen LogP contribution in [-0.2, 0) is 0 Å². The second kappa shape index (κ2) is 7.49. The third-order valence-electron chi connectivity index (χ3n) is 5.06. The number of hydrogen-bond donors (Lipinski definition) is 0. The van der Waals surface area contributed by atoms with Crippen LogP contribution in [0.3, 0.4) is 0 Å². The molecule has 128 valence electrons. The third kappa shape index (κ3) is 3.12. The van der Waals surface area contributed by atoms with E-state index in [9.17, 15) is 0 Å². The average Bonchev–Trinajstić information content (AvgIpc) is 2.77. The van der Waals surface area contributed by atoms with Crippen molar-refractivity contribution in [3.8, 4) is 23.1 Å². The monoisotopic (exact) mass is 360 g/mol. The molecule has 0 amide bonds. The van der Waals surface area contributed by atoms with Crippen LogP contribution >= 0.6 is 0 Å². The molecule has 4 aromatic carbocycles. The molecule has 4 rings (SSSR count). The van der Waals surface area contributed by atoms with Gasteiger partial charge in [-0.25, -0.2) is 0 Å². The topological polar surface area (TPSA) is 0 Å². The highest BCUT2D eigenvalue weighted by atomic mass is 28.3. The highest BCUT2D eigenvalue weighted by Gasteiger charge is 2.37. The average molecular weight is 361 g/mol. The predicted octanol–water partition coefficient (Wildman–Crippen LogP) is 4.00. The van der Waals surface area contributed by atoms with Gasteiger partial charge in [0.25, 0.3) is 0 Å². The van der Waals surface area contributed by atoms with Crippen molar-refractivity contribution < 1.29 is 0 Å². The normalized spacial score (nSPS) is 10.9. The van der Waals surface area contributed by atoms with E-state index in [0.29, 0.717) is 0 Å². The minimum Gasteiger partial charge on any atom is -0.126 e. The molecule has 0 aliphatic rings. The molecule has 0 saturated heterocycles. The van der Waals surface area contributed by atoms with Crippen LogP contribution in [0.5, 0.6) is 0 Å². The van der Waals surface area contributed by atoms with E-state index in [1.54, 1.807) is 0 Å². The lowest BCUT2D eigenvalue weighted by Gasteiger charge is -2.28. The predicted molar refractivity (Wildman–Crippen MR) is 118 cm³/mol. The Bertz CT molecular complexity index is 1000. The van der Waals surface area contributed by atoms with Gasteiger partial charge in [-0.05, 0) is 26.7 Å². The van der Waals surface area contributed by atoms with E-state index in [-0.39, 0.29) is 0 Å². The van der Waals surface area contributed by atoms with E-state index >= 15 is 0 Å². The summed E-state index contributed by atoms with van der Waals surface area (Å²) < 4.78 is 0. The van der Waals surface area contributed by atoms with Crippen molar-refractivity contribution in [2.75, 3.05) is 0 Å². The highest BCUT2D eigenvalue weighted by Crippen LogP contribution is 2.18. The van der Waals surface area contributed by atoms with Crippen LogP contribution in [0.15, 0.2) is 115 Å². The Labute approximate surface area is 162 Å². The standard InChI is InChI=1S/C26H20Si/c1-2-27(24-14-8-4-9-15-24,25-16-10-5-11-17-25)26-20-18-23(19-21-26)22-12-6-3-7-13-22/h1,3-21H. The number of hydrogen-bond acceptors (Lipinski definition) is 0. The van der Waals surface area contributed by atoms with Gasteiger partial charge in [-0.15, -0.1) is 12.0 Å². The molecule has 0 atom stereocenters. The lowest BCUT2D eigenvalue weighted by atomic mass is 10.1. The summed E-state index contributed by atoms with van der Waals surface area (Å²) in [6.07, 6.45) is 6.26. The highest BCUT2D eigenvalue weighted by molar-refractivity contribution is 7.16. The minimum atomic E-state index is -2.49. The summed E-state index contributed by atoms with van der Waals surface area (Å²) in [4.78, 5) is 0. The van der Waals surface area contributed by atoms with Crippen molar-refractivity contribution in [3.63, 3.8) is 0 Å². The van der Waals surface area contributed by atoms with Crippen molar-refractivity contribution in [1.82, 2.24) is 0 Å². The van der Waals surface area contributed by atoms with E-state index in [1.165, 1.54) is 26.7 Å². The van der Waals surface area contributed by atoms with Crippen LogP contribution in [0.2, 0.25) is 0 Å². The lowest BCUT2D eigenvalue weighted by molar-refractivity contribution is 1.63. The van der Waals surface area contributed by atoms with Gasteiger partial charge in [0.2, 0.25) is 8.07 Å². The molecule has 0 nitrogen and oxygen atoms in total. The van der Waals surface area contributed by atoms with Gasteiger partial charge >= 0.3 is 0 Å². The first-order chi connectivity index (χ1) is 13.3. The number of terminal acetylenes is 1. The Morgan fingerprint density at radius 1 is 0.444 bits per heavy atom. The summed E-state index contributed by atoms with van der Waals surface area (Å²) in [7, 11) is -2.49. The van der Waals surface area contributed by atoms with Crippen LogP contribution < -0.4 is 15.6 Å². The van der Waals surface area contributed by atoms with Crippen molar-refractivity contribution >= 4 is 23.6 Å². The molecule has 0 heterocycles. The summed E-state index contributed by atoms with van der Waals surface area (Å²) in [5.74, 6) is 0. The second-order valence-electron chi connectivity index (χ2n) is 6.57. The number of benzene rings is 4. The van der Waals surface area contributed by atoms with Gasteiger partial charge in [-0.3, -0.25) is 0 Å². The van der Waals surface area contributed by atoms with E-state index in [2.05, 4.69) is 103 Å². The number of rotatable bonds is 4. The van der Waals surface area contributed by atoms with Crippen molar-refractivity contribution in [1.29, 1.82) is 0 Å². The van der Waals surface area contributed by atoms with Gasteiger partial charge in [-0.2, -0.15) is 0 Å². The molecule has 0 aliphatic carbocycles. The molecule has 0 aromatic heterocycles. The maximum atomic E-state index is 6.26. The molecule has 0 bridgehead atoms. The molecule has 1 heteroatoms. The smallest absolute Gasteiger partial charge is 0.126 e. The Hall–Kier alpha value is -3.34. The molecule has 27 heavy (non-hydrogen) atoms. The molecule has 0 saturated carbocycles. The van der Waals surface area contributed by atoms with E-state index in [4.69, 9.17) is 6.42 Å². The van der Waals surface area contributed by atoms with E-state index in [1.807, 2.05) is 18.2 Å². The zero-order chi connectivity index (χ0) is 18.5. The molecule has 0 unspecified atom stereocenters. The van der Waals surface area contributed by atoms with E-state index in [0.717, 1.165) is 0 Å². The minimum absolute atomic E-state index is 1.21. The summed E-state index contributed by atoms with van der Waals surface area (Å²) in [6, 6.07) is 40.3. The molecule has 0 aliphatic heterocycles. The van der Waals surface area contributed by atoms with Crippen LogP contribution in [0.1, 0.15) is 0 Å². The Morgan fingerprint density at radius 3 is 1.26 bits per heavy atom. The molecular formula is C26H20Si. The lowest BCUT2D eigenvalue weighted by Crippen LogP contribution is -2.66. The van der Waals surface area contributed by atoms with Crippen molar-refractivity contribution in [2.24, 2.45) is 0 Å². The van der Waals surface area contributed by atoms with Gasteiger partial charge in [0.05, 0.1) is 0 Å². The van der Waals surface area contributed by atoms with Crippen molar-refractivity contribution in [3.05, 3.63) is 115 Å². The van der Waals surface area contributed by atoms with Crippen LogP contribution in [-0.4, -0.2) is 8.07 Å². The summed E-state index contributed by atoms with van der Waals surface area (Å²) in [5, 5.41) is 3.72. The molecule has 0 fully saturated rings. The molecule has 0 spiro atoms. The van der Waals surface area contributed by atoms with Crippen LogP contribution in [0.4, 0.5) is 0 Å². The molecular weight excluding hydrogens is 340 g/mol. The summed E-state index contributed by atoms with van der Waals surface area (Å²) in [6.45, 7) is 0. The zero-order valence-corrected chi connectivity index (χ0v) is 16.0. The van der Waals surface area contributed by atoms with Crippen molar-refractivity contribution in [2.45, 2.75) is 0 Å². The zero-order valence-electron chi connectivity index (χ0n) is 15.0. The Morgan fingerprint density at radius 2 is 0.815 bits per heavy atom. The van der Waals surface area contributed by atoms with Gasteiger partial charge in [0, 0.05) is 0 Å². The summed E-state index contributed by atoms with van der Waals surface area (Å²) in [5.41, 5.74) is 5.69. The first-order valence-electron chi connectivity index (χ1n) is 9.09. The molecule has 4 aromatic rings. The molecule has 0 N–H and O–H groups in total. The van der Waals surface area contributed by atoms with E-state index < -0.39 is 8.07 Å². The fourth-order valence-electron chi connectivity index (χ4n) is 3.67. The van der Waals surface area contributed by atoms with Gasteiger partial charge in [-0.1, -0.05) is 115 Å². The van der Waals surface area contributed by atoms with Crippen LogP contribution in [0, 0.1) is 12.0 Å². The first kappa shape index (κ1) is 17.1. The van der Waals surface area contributed by atoms with Gasteiger partial charge < -0.3 is 0 Å². The Balaban J connectivity index is 1.89. The SMILES string of the molecule is C#C[Si](c1ccccc1)(c1ccccc1)c1ccc(-c2ccccc2)cc1. The van der Waals surface area contributed by atoms with Crippen LogP contribution in [0.25, 0.3) is 11.1 Å². The van der Waals surface area contributed by atoms with Gasteiger partial charge in [0.1, 0.15) is 0 Å².